The van der Waals surface area contributed by atoms with E-state index >= 15 is 0 Å². The molecule has 3 aromatic rings. The molecule has 0 unspecified atom stereocenters. The van der Waals surface area contributed by atoms with Crippen molar-refractivity contribution >= 4 is 34.3 Å². The highest BCUT2D eigenvalue weighted by Crippen LogP contribution is 2.31. The molecule has 1 fully saturated rings. The Hall–Kier alpha value is -2.33. The van der Waals surface area contributed by atoms with Crippen LogP contribution in [0.1, 0.15) is 37.7 Å². The second-order valence-corrected chi connectivity index (χ2v) is 8.24. The van der Waals surface area contributed by atoms with Crippen LogP contribution in [-0.4, -0.2) is 30.1 Å². The van der Waals surface area contributed by atoms with Gasteiger partial charge in [0.2, 0.25) is 5.95 Å². The number of para-hydroxylation sites is 1. The van der Waals surface area contributed by atoms with E-state index in [0.29, 0.717) is 6.04 Å². The minimum atomic E-state index is 0.473. The van der Waals surface area contributed by atoms with E-state index in [1.165, 1.54) is 37.7 Å². The average molecular weight is 395 g/mol. The first kappa shape index (κ1) is 19.0. The van der Waals surface area contributed by atoms with E-state index in [1.807, 2.05) is 38.4 Å². The van der Waals surface area contributed by atoms with E-state index in [0.717, 1.165) is 34.2 Å². The van der Waals surface area contributed by atoms with Crippen LogP contribution < -0.4 is 9.80 Å². The predicted octanol–water partition coefficient (Wildman–Crippen LogP) is 5.69. The van der Waals surface area contributed by atoms with Crippen molar-refractivity contribution in [2.24, 2.45) is 0 Å². The standard InChI is InChI=1S/C23H27ClN4/c1-27(2)22-20-10-6-7-11-21(20)25-23(26-22)28(19-8-4-3-5-9-19)16-17-12-14-18(24)15-13-17/h6-7,10-15,19H,3-5,8-9,16H2,1-2H3. The number of aromatic nitrogens is 2. The molecule has 0 saturated heterocycles. The molecule has 146 valence electrons. The summed E-state index contributed by atoms with van der Waals surface area (Å²) in [5, 5.41) is 1.86. The highest BCUT2D eigenvalue weighted by Gasteiger charge is 2.25. The highest BCUT2D eigenvalue weighted by atomic mass is 35.5. The zero-order chi connectivity index (χ0) is 19.5. The van der Waals surface area contributed by atoms with Crippen molar-refractivity contribution in [2.45, 2.75) is 44.7 Å². The Labute approximate surface area is 172 Å². The molecule has 5 heteroatoms. The monoisotopic (exact) mass is 394 g/mol. The summed E-state index contributed by atoms with van der Waals surface area (Å²) in [6.07, 6.45) is 6.26. The van der Waals surface area contributed by atoms with Crippen molar-refractivity contribution in [3.8, 4) is 0 Å². The van der Waals surface area contributed by atoms with Crippen molar-refractivity contribution in [1.29, 1.82) is 0 Å². The van der Waals surface area contributed by atoms with Gasteiger partial charge in [-0.25, -0.2) is 4.98 Å². The van der Waals surface area contributed by atoms with Gasteiger partial charge in [-0.05, 0) is 42.7 Å². The normalized spacial score (nSPS) is 15.0. The largest absolute Gasteiger partial charge is 0.362 e. The Morgan fingerprint density at radius 3 is 2.36 bits per heavy atom. The van der Waals surface area contributed by atoms with Gasteiger partial charge in [0.05, 0.1) is 5.52 Å². The molecule has 0 aliphatic heterocycles. The van der Waals surface area contributed by atoms with Gasteiger partial charge in [-0.1, -0.05) is 55.1 Å². The first-order valence-electron chi connectivity index (χ1n) is 10.1. The number of nitrogens with zero attached hydrogens (tertiary/aromatic N) is 4. The Morgan fingerprint density at radius 2 is 1.64 bits per heavy atom. The van der Waals surface area contributed by atoms with Gasteiger partial charge in [0, 0.05) is 37.1 Å². The molecule has 0 spiro atoms. The summed E-state index contributed by atoms with van der Waals surface area (Å²) in [7, 11) is 4.09. The molecule has 1 saturated carbocycles. The van der Waals surface area contributed by atoms with Crippen LogP contribution in [0.5, 0.6) is 0 Å². The molecular weight excluding hydrogens is 368 g/mol. The third-order valence-electron chi connectivity index (χ3n) is 5.53. The fourth-order valence-electron chi connectivity index (χ4n) is 4.06. The van der Waals surface area contributed by atoms with Gasteiger partial charge in [-0.15, -0.1) is 0 Å². The van der Waals surface area contributed by atoms with Gasteiger partial charge in [-0.2, -0.15) is 4.98 Å². The number of hydrogen-bond donors (Lipinski definition) is 0. The summed E-state index contributed by atoms with van der Waals surface area (Å²) in [6.45, 7) is 0.799. The SMILES string of the molecule is CN(C)c1nc(N(Cc2ccc(Cl)cc2)C2CCCCC2)nc2ccccc12. The van der Waals surface area contributed by atoms with Crippen molar-refractivity contribution in [1.82, 2.24) is 9.97 Å². The minimum Gasteiger partial charge on any atom is -0.362 e. The van der Waals surface area contributed by atoms with E-state index in [9.17, 15) is 0 Å². The Morgan fingerprint density at radius 1 is 0.929 bits per heavy atom. The second-order valence-electron chi connectivity index (χ2n) is 7.80. The lowest BCUT2D eigenvalue weighted by Crippen LogP contribution is -2.37. The zero-order valence-corrected chi connectivity index (χ0v) is 17.4. The molecule has 4 rings (SSSR count). The first-order chi connectivity index (χ1) is 13.6. The quantitative estimate of drug-likeness (QED) is 0.556. The van der Waals surface area contributed by atoms with Crippen LogP contribution in [-0.2, 0) is 6.54 Å². The number of halogens is 1. The number of hydrogen-bond acceptors (Lipinski definition) is 4. The third kappa shape index (κ3) is 4.07. The molecule has 28 heavy (non-hydrogen) atoms. The highest BCUT2D eigenvalue weighted by molar-refractivity contribution is 6.30. The molecule has 1 heterocycles. The molecule has 0 bridgehead atoms. The summed E-state index contributed by atoms with van der Waals surface area (Å²) in [5.74, 6) is 1.79. The number of anilines is 2. The average Bonchev–Trinajstić information content (AvgIpc) is 2.73. The maximum atomic E-state index is 6.09. The van der Waals surface area contributed by atoms with Crippen LogP contribution in [0.15, 0.2) is 48.5 Å². The molecule has 1 aromatic heterocycles. The summed E-state index contributed by atoms with van der Waals surface area (Å²) < 4.78 is 0. The van der Waals surface area contributed by atoms with E-state index in [2.05, 4.69) is 34.1 Å². The number of fused-ring (bicyclic) bond motifs is 1. The summed E-state index contributed by atoms with van der Waals surface area (Å²) >= 11 is 6.09. The molecule has 1 aliphatic carbocycles. The molecule has 0 N–H and O–H groups in total. The third-order valence-corrected chi connectivity index (χ3v) is 5.79. The molecule has 4 nitrogen and oxygen atoms in total. The zero-order valence-electron chi connectivity index (χ0n) is 16.6. The van der Waals surface area contributed by atoms with E-state index < -0.39 is 0 Å². The number of benzene rings is 2. The van der Waals surface area contributed by atoms with Crippen molar-refractivity contribution < 1.29 is 0 Å². The Balaban J connectivity index is 1.77. The maximum absolute atomic E-state index is 6.09. The lowest BCUT2D eigenvalue weighted by Gasteiger charge is -2.35. The van der Waals surface area contributed by atoms with E-state index in [-0.39, 0.29) is 0 Å². The molecular formula is C23H27ClN4. The molecule has 2 aromatic carbocycles. The Kier molecular flexibility index (Phi) is 5.67. The fraction of sp³-hybridized carbons (Fsp3) is 0.391. The molecule has 0 amide bonds. The molecule has 1 aliphatic rings. The van der Waals surface area contributed by atoms with Crippen LogP contribution in [0.2, 0.25) is 5.02 Å². The number of rotatable bonds is 5. The van der Waals surface area contributed by atoms with Crippen molar-refractivity contribution in [3.05, 3.63) is 59.1 Å². The fourth-order valence-corrected chi connectivity index (χ4v) is 4.19. The van der Waals surface area contributed by atoms with Crippen LogP contribution >= 0.6 is 11.6 Å². The van der Waals surface area contributed by atoms with E-state index in [4.69, 9.17) is 21.6 Å². The van der Waals surface area contributed by atoms with Gasteiger partial charge < -0.3 is 9.80 Å². The topological polar surface area (TPSA) is 32.3 Å². The first-order valence-corrected chi connectivity index (χ1v) is 10.4. The van der Waals surface area contributed by atoms with Gasteiger partial charge >= 0.3 is 0 Å². The van der Waals surface area contributed by atoms with Crippen LogP contribution in [0, 0.1) is 0 Å². The van der Waals surface area contributed by atoms with Crippen molar-refractivity contribution in [3.63, 3.8) is 0 Å². The van der Waals surface area contributed by atoms with Crippen LogP contribution in [0.25, 0.3) is 10.9 Å². The van der Waals surface area contributed by atoms with Crippen LogP contribution in [0.3, 0.4) is 0 Å². The molecule has 0 radical (unpaired) electrons. The van der Waals surface area contributed by atoms with Crippen molar-refractivity contribution in [2.75, 3.05) is 23.9 Å². The second kappa shape index (κ2) is 8.36. The van der Waals surface area contributed by atoms with Gasteiger partial charge in [0.1, 0.15) is 5.82 Å². The van der Waals surface area contributed by atoms with Gasteiger partial charge in [-0.3, -0.25) is 0 Å². The summed E-state index contributed by atoms with van der Waals surface area (Å²) in [6, 6.07) is 16.9. The summed E-state index contributed by atoms with van der Waals surface area (Å²) in [4.78, 5) is 14.5. The Bertz CT molecular complexity index is 933. The predicted molar refractivity (Wildman–Crippen MR) is 118 cm³/mol. The minimum absolute atomic E-state index is 0.473. The van der Waals surface area contributed by atoms with E-state index in [1.54, 1.807) is 0 Å². The summed E-state index contributed by atoms with van der Waals surface area (Å²) in [5.41, 5.74) is 2.23. The lowest BCUT2D eigenvalue weighted by atomic mass is 9.94. The van der Waals surface area contributed by atoms with Crippen LogP contribution in [0.4, 0.5) is 11.8 Å². The smallest absolute Gasteiger partial charge is 0.228 e. The molecule has 0 atom stereocenters. The van der Waals surface area contributed by atoms with Gasteiger partial charge in [0.25, 0.3) is 0 Å². The lowest BCUT2D eigenvalue weighted by molar-refractivity contribution is 0.409. The maximum Gasteiger partial charge on any atom is 0.228 e. The van der Waals surface area contributed by atoms with Gasteiger partial charge in [0.15, 0.2) is 0 Å².